The third-order valence-electron chi connectivity index (χ3n) is 4.06. The number of benzene rings is 1. The number of aryl methyl sites for hydroxylation is 2. The van der Waals surface area contributed by atoms with Crippen LogP contribution in [0.3, 0.4) is 0 Å². The summed E-state index contributed by atoms with van der Waals surface area (Å²) in [4.78, 5) is 0. The van der Waals surface area contributed by atoms with Crippen molar-refractivity contribution >= 4 is 0 Å². The van der Waals surface area contributed by atoms with Gasteiger partial charge in [-0.25, -0.2) is 0 Å². The van der Waals surface area contributed by atoms with Crippen LogP contribution in [-0.2, 0) is 12.6 Å². The van der Waals surface area contributed by atoms with Crippen molar-refractivity contribution in [3.63, 3.8) is 0 Å². The van der Waals surface area contributed by atoms with Gasteiger partial charge in [0.25, 0.3) is 0 Å². The summed E-state index contributed by atoms with van der Waals surface area (Å²) < 4.78 is 2.03. The van der Waals surface area contributed by atoms with E-state index in [-0.39, 0.29) is 0 Å². The maximum Gasteiger partial charge on any atom is 0.132 e. The highest BCUT2D eigenvalue weighted by molar-refractivity contribution is 5.40. The van der Waals surface area contributed by atoms with Gasteiger partial charge in [0.2, 0.25) is 0 Å². The molecule has 0 amide bonds. The molecule has 18 heavy (non-hydrogen) atoms. The molecule has 0 saturated heterocycles. The van der Waals surface area contributed by atoms with Crippen LogP contribution in [0.2, 0.25) is 0 Å². The maximum atomic E-state index is 11.3. The van der Waals surface area contributed by atoms with Gasteiger partial charge in [0, 0.05) is 13.2 Å². The van der Waals surface area contributed by atoms with Crippen LogP contribution < -0.4 is 0 Å². The molecule has 1 heterocycles. The molecular formula is C16H19NO. The second-order valence-corrected chi connectivity index (χ2v) is 5.36. The number of aliphatic hydroxyl groups is 1. The van der Waals surface area contributed by atoms with Crippen molar-refractivity contribution in [2.75, 3.05) is 0 Å². The lowest BCUT2D eigenvalue weighted by Crippen LogP contribution is -2.33. The summed E-state index contributed by atoms with van der Waals surface area (Å²) in [7, 11) is 2.00. The zero-order valence-electron chi connectivity index (χ0n) is 10.9. The van der Waals surface area contributed by atoms with Crippen molar-refractivity contribution in [1.29, 1.82) is 0 Å². The minimum Gasteiger partial charge on any atom is -0.379 e. The van der Waals surface area contributed by atoms with Crippen LogP contribution in [0.1, 0.15) is 29.7 Å². The fourth-order valence-corrected chi connectivity index (χ4v) is 2.93. The minimum absolute atomic E-state index is 0.354. The van der Waals surface area contributed by atoms with Crippen molar-refractivity contribution in [2.45, 2.75) is 25.4 Å². The molecule has 1 unspecified atom stereocenters. The SMILES string of the molecule is Cc1ccccc1C(O)(c1cccn1C)C1CC1. The molecule has 0 bridgehead atoms. The van der Waals surface area contributed by atoms with Gasteiger partial charge in [-0.3, -0.25) is 0 Å². The van der Waals surface area contributed by atoms with Crippen LogP contribution in [0.4, 0.5) is 0 Å². The molecule has 3 rings (SSSR count). The van der Waals surface area contributed by atoms with Gasteiger partial charge in [-0.05, 0) is 48.9 Å². The highest BCUT2D eigenvalue weighted by Crippen LogP contribution is 2.50. The smallest absolute Gasteiger partial charge is 0.132 e. The van der Waals surface area contributed by atoms with Gasteiger partial charge in [0.05, 0.1) is 5.69 Å². The Morgan fingerprint density at radius 2 is 1.89 bits per heavy atom. The summed E-state index contributed by atoms with van der Waals surface area (Å²) in [6.45, 7) is 2.08. The van der Waals surface area contributed by atoms with Crippen LogP contribution in [0.25, 0.3) is 0 Å². The van der Waals surface area contributed by atoms with E-state index in [1.807, 2.05) is 42.1 Å². The second kappa shape index (κ2) is 3.99. The molecule has 0 aliphatic heterocycles. The predicted octanol–water partition coefficient (Wildman–Crippen LogP) is 2.98. The van der Waals surface area contributed by atoms with Crippen LogP contribution in [0.15, 0.2) is 42.6 Å². The normalized spacial score (nSPS) is 18.6. The zero-order valence-corrected chi connectivity index (χ0v) is 10.9. The molecule has 1 aliphatic rings. The average molecular weight is 241 g/mol. The Balaban J connectivity index is 2.19. The van der Waals surface area contributed by atoms with Crippen molar-refractivity contribution < 1.29 is 5.11 Å². The monoisotopic (exact) mass is 241 g/mol. The first-order valence-corrected chi connectivity index (χ1v) is 6.54. The van der Waals surface area contributed by atoms with E-state index >= 15 is 0 Å². The molecule has 0 radical (unpaired) electrons. The Hall–Kier alpha value is -1.54. The molecular weight excluding hydrogens is 222 g/mol. The van der Waals surface area contributed by atoms with E-state index in [4.69, 9.17) is 0 Å². The number of hydrogen-bond donors (Lipinski definition) is 1. The number of rotatable bonds is 3. The van der Waals surface area contributed by atoms with Crippen molar-refractivity contribution in [1.82, 2.24) is 4.57 Å². The summed E-state index contributed by atoms with van der Waals surface area (Å²) in [6.07, 6.45) is 4.22. The highest BCUT2D eigenvalue weighted by Gasteiger charge is 2.48. The molecule has 1 N–H and O–H groups in total. The maximum absolute atomic E-state index is 11.3. The molecule has 2 nitrogen and oxygen atoms in total. The summed E-state index contributed by atoms with van der Waals surface area (Å²) in [5, 5.41) is 11.3. The van der Waals surface area contributed by atoms with E-state index in [0.717, 1.165) is 29.7 Å². The summed E-state index contributed by atoms with van der Waals surface area (Å²) in [6, 6.07) is 12.2. The van der Waals surface area contributed by atoms with Gasteiger partial charge in [-0.15, -0.1) is 0 Å². The molecule has 2 aromatic rings. The number of hydrogen-bond acceptors (Lipinski definition) is 1. The Labute approximate surface area is 108 Å². The lowest BCUT2D eigenvalue weighted by atomic mass is 9.83. The predicted molar refractivity (Wildman–Crippen MR) is 72.3 cm³/mol. The van der Waals surface area contributed by atoms with Gasteiger partial charge in [-0.2, -0.15) is 0 Å². The van der Waals surface area contributed by atoms with E-state index < -0.39 is 5.60 Å². The molecule has 1 saturated carbocycles. The number of aromatic nitrogens is 1. The Kier molecular flexibility index (Phi) is 2.56. The lowest BCUT2D eigenvalue weighted by Gasteiger charge is -2.31. The summed E-state index contributed by atoms with van der Waals surface area (Å²) in [5.41, 5.74) is 2.38. The summed E-state index contributed by atoms with van der Waals surface area (Å²) in [5.74, 6) is 0.354. The Bertz CT molecular complexity index is 568. The van der Waals surface area contributed by atoms with E-state index in [2.05, 4.69) is 19.1 Å². The van der Waals surface area contributed by atoms with E-state index in [1.54, 1.807) is 0 Å². The fourth-order valence-electron chi connectivity index (χ4n) is 2.93. The largest absolute Gasteiger partial charge is 0.379 e. The lowest BCUT2D eigenvalue weighted by molar-refractivity contribution is 0.0485. The molecule has 1 aliphatic carbocycles. The topological polar surface area (TPSA) is 25.2 Å². The van der Waals surface area contributed by atoms with Crippen LogP contribution in [0, 0.1) is 12.8 Å². The molecule has 1 aromatic carbocycles. The molecule has 0 spiro atoms. The molecule has 1 aromatic heterocycles. The first-order valence-electron chi connectivity index (χ1n) is 6.54. The standard InChI is InChI=1S/C16H19NO/c1-12-6-3-4-7-14(12)16(18,13-9-10-13)15-8-5-11-17(15)2/h3-8,11,13,18H,9-10H2,1-2H3. The third-order valence-corrected chi connectivity index (χ3v) is 4.06. The van der Waals surface area contributed by atoms with Crippen LogP contribution in [-0.4, -0.2) is 9.67 Å². The average Bonchev–Trinajstić information content (AvgIpc) is 3.12. The first kappa shape index (κ1) is 11.5. The van der Waals surface area contributed by atoms with Gasteiger partial charge >= 0.3 is 0 Å². The van der Waals surface area contributed by atoms with Gasteiger partial charge in [-0.1, -0.05) is 24.3 Å². The first-order chi connectivity index (χ1) is 8.64. The Morgan fingerprint density at radius 3 is 2.44 bits per heavy atom. The van der Waals surface area contributed by atoms with E-state index in [9.17, 15) is 5.11 Å². The minimum atomic E-state index is -0.830. The quantitative estimate of drug-likeness (QED) is 0.878. The number of nitrogens with zero attached hydrogens (tertiary/aromatic N) is 1. The van der Waals surface area contributed by atoms with Crippen molar-refractivity contribution in [3.8, 4) is 0 Å². The van der Waals surface area contributed by atoms with Gasteiger partial charge in [0.15, 0.2) is 0 Å². The van der Waals surface area contributed by atoms with E-state index in [1.165, 1.54) is 0 Å². The van der Waals surface area contributed by atoms with Crippen LogP contribution >= 0.6 is 0 Å². The van der Waals surface area contributed by atoms with Crippen molar-refractivity contribution in [3.05, 3.63) is 59.4 Å². The van der Waals surface area contributed by atoms with E-state index in [0.29, 0.717) is 5.92 Å². The fraction of sp³-hybridized carbons (Fsp3) is 0.375. The molecule has 1 fully saturated rings. The van der Waals surface area contributed by atoms with Crippen LogP contribution in [0.5, 0.6) is 0 Å². The molecule has 1 atom stereocenters. The zero-order chi connectivity index (χ0) is 12.8. The second-order valence-electron chi connectivity index (χ2n) is 5.36. The highest BCUT2D eigenvalue weighted by atomic mass is 16.3. The van der Waals surface area contributed by atoms with Gasteiger partial charge < -0.3 is 9.67 Å². The summed E-state index contributed by atoms with van der Waals surface area (Å²) >= 11 is 0. The van der Waals surface area contributed by atoms with Gasteiger partial charge in [0.1, 0.15) is 5.60 Å². The molecule has 2 heteroatoms. The Morgan fingerprint density at radius 1 is 1.17 bits per heavy atom. The molecule has 94 valence electrons. The third kappa shape index (κ3) is 1.60. The van der Waals surface area contributed by atoms with Crippen molar-refractivity contribution in [2.24, 2.45) is 13.0 Å².